The highest BCUT2D eigenvalue weighted by molar-refractivity contribution is 6.00. The molecular formula is C11H11NO4. The van der Waals surface area contributed by atoms with Gasteiger partial charge in [-0.1, -0.05) is 6.92 Å². The minimum absolute atomic E-state index is 0.104. The van der Waals surface area contributed by atoms with Crippen molar-refractivity contribution in [3.05, 3.63) is 33.2 Å². The number of hydrogen-bond donors (Lipinski definition) is 2. The zero-order chi connectivity index (χ0) is 11.9. The molecule has 1 aromatic heterocycles. The molecule has 0 saturated heterocycles. The van der Waals surface area contributed by atoms with Crippen LogP contribution in [0.4, 0.5) is 0 Å². The van der Waals surface area contributed by atoms with Gasteiger partial charge in [0.1, 0.15) is 5.56 Å². The highest BCUT2D eigenvalue weighted by atomic mass is 16.4. The summed E-state index contributed by atoms with van der Waals surface area (Å²) in [7, 11) is 0. The molecule has 84 valence electrons. The maximum atomic E-state index is 11.7. The van der Waals surface area contributed by atoms with Crippen LogP contribution in [0.5, 0.6) is 0 Å². The van der Waals surface area contributed by atoms with Crippen molar-refractivity contribution in [2.75, 3.05) is 0 Å². The molecule has 0 aliphatic heterocycles. The summed E-state index contributed by atoms with van der Waals surface area (Å²) in [6, 6.07) is 1.19. The molecule has 2 N–H and O–H groups in total. The van der Waals surface area contributed by atoms with Crippen molar-refractivity contribution in [3.63, 3.8) is 0 Å². The molecule has 0 fully saturated rings. The Labute approximate surface area is 91.1 Å². The van der Waals surface area contributed by atoms with Crippen LogP contribution in [-0.2, 0) is 6.42 Å². The second-order valence-corrected chi connectivity index (χ2v) is 4.15. The number of nitrogens with one attached hydrogen (secondary N) is 1. The first kappa shape index (κ1) is 10.6. The number of fused-ring (bicyclic) bond motifs is 1. The van der Waals surface area contributed by atoms with Crippen molar-refractivity contribution in [2.24, 2.45) is 5.92 Å². The molecule has 0 spiro atoms. The van der Waals surface area contributed by atoms with Gasteiger partial charge in [-0.3, -0.25) is 9.59 Å². The number of H-pyrrole nitrogens is 1. The first-order valence-electron chi connectivity index (χ1n) is 5.01. The number of ketones is 1. The SMILES string of the molecule is CC1CC(=O)c2cc(C(=O)O)c(=O)[nH]c2C1. The molecule has 16 heavy (non-hydrogen) atoms. The van der Waals surface area contributed by atoms with Crippen LogP contribution >= 0.6 is 0 Å². The number of aromatic amines is 1. The molecule has 0 aromatic carbocycles. The van der Waals surface area contributed by atoms with E-state index in [4.69, 9.17) is 5.11 Å². The summed E-state index contributed by atoms with van der Waals surface area (Å²) >= 11 is 0. The van der Waals surface area contributed by atoms with Crippen LogP contribution < -0.4 is 5.56 Å². The van der Waals surface area contributed by atoms with Crippen molar-refractivity contribution >= 4 is 11.8 Å². The molecule has 1 aliphatic rings. The minimum atomic E-state index is -1.31. The summed E-state index contributed by atoms with van der Waals surface area (Å²) in [5.41, 5.74) is -0.122. The predicted octanol–water partition coefficient (Wildman–Crippen LogP) is 0.838. The van der Waals surface area contributed by atoms with Crippen LogP contribution in [-0.4, -0.2) is 21.8 Å². The number of aromatic nitrogens is 1. The van der Waals surface area contributed by atoms with Crippen LogP contribution in [0.25, 0.3) is 0 Å². The summed E-state index contributed by atoms with van der Waals surface area (Å²) in [4.78, 5) is 36.3. The van der Waals surface area contributed by atoms with Gasteiger partial charge in [0, 0.05) is 17.7 Å². The molecule has 0 amide bonds. The molecule has 1 unspecified atom stereocenters. The second kappa shape index (κ2) is 3.59. The van der Waals surface area contributed by atoms with E-state index in [1.165, 1.54) is 6.07 Å². The fraction of sp³-hybridized carbons (Fsp3) is 0.364. The number of rotatable bonds is 1. The Morgan fingerprint density at radius 2 is 2.12 bits per heavy atom. The fourth-order valence-corrected chi connectivity index (χ4v) is 1.98. The van der Waals surface area contributed by atoms with Gasteiger partial charge in [0.05, 0.1) is 0 Å². The van der Waals surface area contributed by atoms with E-state index in [2.05, 4.69) is 4.98 Å². The molecule has 1 aromatic rings. The number of Topliss-reactive ketones (excluding diaryl/α,β-unsaturated/α-hetero) is 1. The van der Waals surface area contributed by atoms with Crippen molar-refractivity contribution in [1.82, 2.24) is 4.98 Å². The fourth-order valence-electron chi connectivity index (χ4n) is 1.98. The average Bonchev–Trinajstić information content (AvgIpc) is 2.15. The third kappa shape index (κ3) is 1.64. The van der Waals surface area contributed by atoms with Crippen LogP contribution in [0.3, 0.4) is 0 Å². The second-order valence-electron chi connectivity index (χ2n) is 4.15. The minimum Gasteiger partial charge on any atom is -0.477 e. The largest absolute Gasteiger partial charge is 0.477 e. The van der Waals surface area contributed by atoms with E-state index in [0.717, 1.165) is 0 Å². The summed E-state index contributed by atoms with van der Waals surface area (Å²) in [5, 5.41) is 8.77. The molecule has 1 heterocycles. The molecule has 0 bridgehead atoms. The van der Waals surface area contributed by atoms with Gasteiger partial charge < -0.3 is 10.1 Å². The van der Waals surface area contributed by atoms with Gasteiger partial charge in [0.2, 0.25) is 0 Å². The Hall–Kier alpha value is -1.91. The van der Waals surface area contributed by atoms with E-state index in [9.17, 15) is 14.4 Å². The number of carbonyl (C=O) groups excluding carboxylic acids is 1. The lowest BCUT2D eigenvalue weighted by atomic mass is 9.86. The van der Waals surface area contributed by atoms with Gasteiger partial charge in [-0.2, -0.15) is 0 Å². The lowest BCUT2D eigenvalue weighted by Crippen LogP contribution is -2.27. The zero-order valence-electron chi connectivity index (χ0n) is 8.74. The van der Waals surface area contributed by atoms with Crippen molar-refractivity contribution in [3.8, 4) is 0 Å². The third-order valence-corrected chi connectivity index (χ3v) is 2.74. The topological polar surface area (TPSA) is 87.2 Å². The van der Waals surface area contributed by atoms with Gasteiger partial charge in [-0.25, -0.2) is 4.79 Å². The van der Waals surface area contributed by atoms with E-state index in [1.807, 2.05) is 6.92 Å². The average molecular weight is 221 g/mol. The predicted molar refractivity (Wildman–Crippen MR) is 55.8 cm³/mol. The van der Waals surface area contributed by atoms with Gasteiger partial charge in [0.25, 0.3) is 5.56 Å². The van der Waals surface area contributed by atoms with Gasteiger partial charge in [-0.15, -0.1) is 0 Å². The third-order valence-electron chi connectivity index (χ3n) is 2.74. The van der Waals surface area contributed by atoms with Gasteiger partial charge in [-0.05, 0) is 18.4 Å². The maximum absolute atomic E-state index is 11.7. The van der Waals surface area contributed by atoms with Gasteiger partial charge >= 0.3 is 5.97 Å². The van der Waals surface area contributed by atoms with Crippen LogP contribution in [0.2, 0.25) is 0 Å². The van der Waals surface area contributed by atoms with E-state index >= 15 is 0 Å². The summed E-state index contributed by atoms with van der Waals surface area (Å²) in [6.45, 7) is 1.92. The normalized spacial score (nSPS) is 19.3. The quantitative estimate of drug-likeness (QED) is 0.735. The molecular weight excluding hydrogens is 210 g/mol. The van der Waals surface area contributed by atoms with E-state index in [-0.39, 0.29) is 17.3 Å². The summed E-state index contributed by atoms with van der Waals surface area (Å²) < 4.78 is 0. The first-order valence-corrected chi connectivity index (χ1v) is 5.01. The Balaban J connectivity index is 2.62. The van der Waals surface area contributed by atoms with Crippen LogP contribution in [0, 0.1) is 5.92 Å². The molecule has 0 radical (unpaired) electrons. The number of carboxylic acid groups (broad SMARTS) is 1. The molecule has 2 rings (SSSR count). The van der Waals surface area contributed by atoms with Crippen molar-refractivity contribution < 1.29 is 14.7 Å². The number of aromatic carboxylic acids is 1. The molecule has 5 nitrogen and oxygen atoms in total. The van der Waals surface area contributed by atoms with Crippen LogP contribution in [0.15, 0.2) is 10.9 Å². The van der Waals surface area contributed by atoms with Crippen LogP contribution in [0.1, 0.15) is 39.8 Å². The monoisotopic (exact) mass is 221 g/mol. The van der Waals surface area contributed by atoms with E-state index in [0.29, 0.717) is 24.1 Å². The lowest BCUT2D eigenvalue weighted by molar-refractivity contribution is 0.0695. The smallest absolute Gasteiger partial charge is 0.341 e. The standard InChI is InChI=1S/C11H11NO4/c1-5-2-8-6(9(13)3-5)4-7(11(15)16)10(14)12-8/h4-5H,2-3H2,1H3,(H,12,14)(H,15,16). The Bertz CT molecular complexity index is 529. The molecule has 1 aliphatic carbocycles. The highest BCUT2D eigenvalue weighted by Crippen LogP contribution is 2.23. The number of carboxylic acids is 1. The number of pyridine rings is 1. The molecule has 0 saturated carbocycles. The Morgan fingerprint density at radius 1 is 1.44 bits per heavy atom. The van der Waals surface area contributed by atoms with Crippen molar-refractivity contribution in [2.45, 2.75) is 19.8 Å². The molecule has 5 heteroatoms. The first-order chi connectivity index (χ1) is 7.49. The maximum Gasteiger partial charge on any atom is 0.341 e. The zero-order valence-corrected chi connectivity index (χ0v) is 8.74. The van der Waals surface area contributed by atoms with Crippen molar-refractivity contribution in [1.29, 1.82) is 0 Å². The highest BCUT2D eigenvalue weighted by Gasteiger charge is 2.25. The Morgan fingerprint density at radius 3 is 2.75 bits per heavy atom. The lowest BCUT2D eigenvalue weighted by Gasteiger charge is -2.19. The summed E-state index contributed by atoms with van der Waals surface area (Å²) in [6.07, 6.45) is 1.01. The Kier molecular flexibility index (Phi) is 2.38. The van der Waals surface area contributed by atoms with E-state index < -0.39 is 11.5 Å². The number of carbonyl (C=O) groups is 2. The van der Waals surface area contributed by atoms with E-state index in [1.54, 1.807) is 0 Å². The molecule has 1 atom stereocenters. The summed E-state index contributed by atoms with van der Waals surface area (Å²) in [5.74, 6) is -1.23. The van der Waals surface area contributed by atoms with Gasteiger partial charge in [0.15, 0.2) is 5.78 Å². The number of hydrogen-bond acceptors (Lipinski definition) is 3.